The van der Waals surface area contributed by atoms with Crippen molar-refractivity contribution >= 4 is 17.7 Å². The highest BCUT2D eigenvalue weighted by Crippen LogP contribution is 2.19. The van der Waals surface area contributed by atoms with Gasteiger partial charge in [-0.05, 0) is 37.0 Å². The summed E-state index contributed by atoms with van der Waals surface area (Å²) in [5.41, 5.74) is 3.72. The maximum absolute atomic E-state index is 12.3. The Morgan fingerprint density at radius 1 is 1.00 bits per heavy atom. The summed E-state index contributed by atoms with van der Waals surface area (Å²) in [5, 5.41) is 3.05. The van der Waals surface area contributed by atoms with Crippen molar-refractivity contribution in [1.29, 1.82) is 0 Å². The number of rotatable bonds is 7. The zero-order valence-corrected chi connectivity index (χ0v) is 14.9. The van der Waals surface area contributed by atoms with E-state index in [0.29, 0.717) is 0 Å². The van der Waals surface area contributed by atoms with Gasteiger partial charge in [-0.2, -0.15) is 0 Å². The maximum atomic E-state index is 12.3. The van der Waals surface area contributed by atoms with Gasteiger partial charge in [-0.15, -0.1) is 11.8 Å². The van der Waals surface area contributed by atoms with Crippen molar-refractivity contribution in [2.45, 2.75) is 44.2 Å². The average Bonchev–Trinajstić information content (AvgIpc) is 2.60. The van der Waals surface area contributed by atoms with E-state index < -0.39 is 0 Å². The van der Waals surface area contributed by atoms with Crippen molar-refractivity contribution in [2.24, 2.45) is 0 Å². The Bertz CT molecular complexity index is 609. The molecule has 0 aliphatic rings. The Morgan fingerprint density at radius 2 is 1.65 bits per heavy atom. The first-order valence-corrected chi connectivity index (χ1v) is 9.19. The third kappa shape index (κ3) is 5.43. The summed E-state index contributed by atoms with van der Waals surface area (Å²) >= 11 is 1.67. The molecule has 2 nitrogen and oxygen atoms in total. The molecule has 2 rings (SSSR count). The summed E-state index contributed by atoms with van der Waals surface area (Å²) in [4.78, 5) is 12.3. The minimum atomic E-state index is -0.0624. The van der Waals surface area contributed by atoms with E-state index in [2.05, 4.69) is 48.6 Å². The molecule has 0 aromatic heterocycles. The van der Waals surface area contributed by atoms with Crippen molar-refractivity contribution in [3.8, 4) is 0 Å². The van der Waals surface area contributed by atoms with Gasteiger partial charge in [0.05, 0.1) is 11.3 Å². The third-order valence-electron chi connectivity index (χ3n) is 3.96. The van der Waals surface area contributed by atoms with Gasteiger partial charge in [-0.25, -0.2) is 0 Å². The molecule has 23 heavy (non-hydrogen) atoms. The molecular formula is C20H25NOS. The van der Waals surface area contributed by atoms with Crippen LogP contribution < -0.4 is 5.32 Å². The number of nitrogens with one attached hydrogen (secondary N) is 1. The van der Waals surface area contributed by atoms with Gasteiger partial charge in [-0.3, -0.25) is 4.79 Å². The SMILES string of the molecule is CCc1ccc([C@@H](C)NC(=O)[C@H](C)SCc2ccccc2)cc1. The molecule has 2 aromatic carbocycles. The van der Waals surface area contributed by atoms with Crippen LogP contribution >= 0.6 is 11.8 Å². The standard InChI is InChI=1S/C20H25NOS/c1-4-17-10-12-19(13-11-17)15(2)21-20(22)16(3)23-14-18-8-6-5-7-9-18/h5-13,15-16H,4,14H2,1-3H3,(H,21,22)/t15-,16+/m1/s1. The van der Waals surface area contributed by atoms with Gasteiger partial charge in [0.2, 0.25) is 5.91 Å². The van der Waals surface area contributed by atoms with Crippen LogP contribution in [0.3, 0.4) is 0 Å². The second kappa shape index (κ2) is 8.78. The summed E-state index contributed by atoms with van der Waals surface area (Å²) in [6.45, 7) is 6.15. The Kier molecular flexibility index (Phi) is 6.72. The Hall–Kier alpha value is -1.74. The van der Waals surface area contributed by atoms with E-state index in [0.717, 1.165) is 17.7 Å². The highest BCUT2D eigenvalue weighted by Gasteiger charge is 2.16. The Morgan fingerprint density at radius 3 is 2.26 bits per heavy atom. The first-order valence-electron chi connectivity index (χ1n) is 8.15. The number of amides is 1. The van der Waals surface area contributed by atoms with Gasteiger partial charge in [0.25, 0.3) is 0 Å². The molecule has 3 heteroatoms. The molecule has 122 valence electrons. The van der Waals surface area contributed by atoms with Crippen LogP contribution in [0, 0.1) is 0 Å². The van der Waals surface area contributed by atoms with E-state index in [1.165, 1.54) is 11.1 Å². The quantitative estimate of drug-likeness (QED) is 0.795. The second-order valence-corrected chi connectivity index (χ2v) is 7.09. The van der Waals surface area contributed by atoms with Crippen molar-refractivity contribution in [3.63, 3.8) is 0 Å². The van der Waals surface area contributed by atoms with Gasteiger partial charge in [-0.1, -0.05) is 61.5 Å². The van der Waals surface area contributed by atoms with E-state index in [1.807, 2.05) is 32.0 Å². The molecule has 0 heterocycles. The van der Waals surface area contributed by atoms with Gasteiger partial charge < -0.3 is 5.32 Å². The van der Waals surface area contributed by atoms with Gasteiger partial charge in [0.1, 0.15) is 0 Å². The normalized spacial score (nSPS) is 13.3. The minimum absolute atomic E-state index is 0.0354. The van der Waals surface area contributed by atoms with Crippen molar-refractivity contribution in [3.05, 3.63) is 71.3 Å². The van der Waals surface area contributed by atoms with Crippen LogP contribution in [0.2, 0.25) is 0 Å². The largest absolute Gasteiger partial charge is 0.349 e. The topological polar surface area (TPSA) is 29.1 Å². The first kappa shape index (κ1) is 17.6. The number of aryl methyl sites for hydroxylation is 1. The summed E-state index contributed by atoms with van der Waals surface area (Å²) in [6, 6.07) is 18.8. The van der Waals surface area contributed by atoms with E-state index in [4.69, 9.17) is 0 Å². The van der Waals surface area contributed by atoms with Crippen LogP contribution in [0.5, 0.6) is 0 Å². The molecule has 0 saturated carbocycles. The van der Waals surface area contributed by atoms with Gasteiger partial charge in [0, 0.05) is 5.75 Å². The van der Waals surface area contributed by atoms with Crippen molar-refractivity contribution < 1.29 is 4.79 Å². The van der Waals surface area contributed by atoms with Crippen molar-refractivity contribution in [2.75, 3.05) is 0 Å². The molecule has 2 aromatic rings. The van der Waals surface area contributed by atoms with Gasteiger partial charge in [0.15, 0.2) is 0 Å². The molecule has 0 fully saturated rings. The van der Waals surface area contributed by atoms with E-state index in [-0.39, 0.29) is 17.2 Å². The van der Waals surface area contributed by atoms with Crippen LogP contribution in [0.4, 0.5) is 0 Å². The number of carbonyl (C=O) groups excluding carboxylic acids is 1. The monoisotopic (exact) mass is 327 g/mol. The lowest BCUT2D eigenvalue weighted by Crippen LogP contribution is -2.33. The number of thioether (sulfide) groups is 1. The summed E-state index contributed by atoms with van der Waals surface area (Å²) < 4.78 is 0. The van der Waals surface area contributed by atoms with Crippen LogP contribution in [-0.4, -0.2) is 11.2 Å². The fraction of sp³-hybridized carbons (Fsp3) is 0.350. The number of hydrogen-bond acceptors (Lipinski definition) is 2. The zero-order chi connectivity index (χ0) is 16.7. The average molecular weight is 327 g/mol. The van der Waals surface area contributed by atoms with Crippen LogP contribution in [0.1, 0.15) is 43.5 Å². The molecule has 0 spiro atoms. The fourth-order valence-electron chi connectivity index (χ4n) is 2.33. The lowest BCUT2D eigenvalue weighted by Gasteiger charge is -2.18. The molecule has 0 radical (unpaired) electrons. The predicted molar refractivity (Wildman–Crippen MR) is 99.6 cm³/mol. The fourth-order valence-corrected chi connectivity index (χ4v) is 3.18. The van der Waals surface area contributed by atoms with Gasteiger partial charge >= 0.3 is 0 Å². The van der Waals surface area contributed by atoms with Crippen molar-refractivity contribution in [1.82, 2.24) is 5.32 Å². The highest BCUT2D eigenvalue weighted by atomic mass is 32.2. The number of carbonyl (C=O) groups is 1. The number of benzene rings is 2. The summed E-state index contributed by atoms with van der Waals surface area (Å²) in [5.74, 6) is 0.952. The number of hydrogen-bond donors (Lipinski definition) is 1. The Balaban J connectivity index is 1.84. The molecule has 0 aliphatic carbocycles. The van der Waals surface area contributed by atoms with Crippen LogP contribution in [0.15, 0.2) is 54.6 Å². The zero-order valence-electron chi connectivity index (χ0n) is 14.1. The summed E-state index contributed by atoms with van der Waals surface area (Å²) in [6.07, 6.45) is 1.04. The molecule has 1 N–H and O–H groups in total. The predicted octanol–water partition coefficient (Wildman–Crippen LogP) is 4.75. The van der Waals surface area contributed by atoms with Crippen LogP contribution in [-0.2, 0) is 17.0 Å². The molecule has 2 atom stereocenters. The highest BCUT2D eigenvalue weighted by molar-refractivity contribution is 7.99. The molecule has 1 amide bonds. The van der Waals surface area contributed by atoms with E-state index in [1.54, 1.807) is 11.8 Å². The van der Waals surface area contributed by atoms with Crippen LogP contribution in [0.25, 0.3) is 0 Å². The summed E-state index contributed by atoms with van der Waals surface area (Å²) in [7, 11) is 0. The maximum Gasteiger partial charge on any atom is 0.233 e. The molecule has 0 bridgehead atoms. The first-order chi connectivity index (χ1) is 11.1. The Labute approximate surface area is 143 Å². The van der Waals surface area contributed by atoms with E-state index in [9.17, 15) is 4.79 Å². The molecule has 0 saturated heterocycles. The third-order valence-corrected chi connectivity index (χ3v) is 5.17. The molecule has 0 unspecified atom stereocenters. The lowest BCUT2D eigenvalue weighted by atomic mass is 10.0. The smallest absolute Gasteiger partial charge is 0.233 e. The minimum Gasteiger partial charge on any atom is -0.349 e. The van der Waals surface area contributed by atoms with E-state index >= 15 is 0 Å². The second-order valence-electron chi connectivity index (χ2n) is 5.76. The lowest BCUT2D eigenvalue weighted by molar-refractivity contribution is -0.120. The molecule has 0 aliphatic heterocycles. The molecular weight excluding hydrogens is 302 g/mol.